The molecule has 2 aliphatic rings. The normalized spacial score (nSPS) is 26.1. The van der Waals surface area contributed by atoms with Crippen molar-refractivity contribution in [2.75, 3.05) is 13.1 Å². The molecule has 3 heteroatoms. The fourth-order valence-corrected chi connectivity index (χ4v) is 2.07. The highest BCUT2D eigenvalue weighted by molar-refractivity contribution is 5.87. The minimum atomic E-state index is 0.0983. The van der Waals surface area contributed by atoms with Crippen molar-refractivity contribution < 1.29 is 4.79 Å². The molecule has 0 spiro atoms. The summed E-state index contributed by atoms with van der Waals surface area (Å²) in [4.78, 5) is 13.5. The van der Waals surface area contributed by atoms with Gasteiger partial charge in [-0.3, -0.25) is 4.79 Å². The molecule has 2 fully saturated rings. The van der Waals surface area contributed by atoms with Crippen molar-refractivity contribution in [1.29, 1.82) is 0 Å². The van der Waals surface area contributed by atoms with Crippen molar-refractivity contribution in [2.45, 2.75) is 37.8 Å². The second kappa shape index (κ2) is 4.13. The highest BCUT2D eigenvalue weighted by Crippen LogP contribution is 2.27. The molecule has 78 valence electrons. The van der Waals surface area contributed by atoms with Crippen LogP contribution in [0.2, 0.25) is 0 Å². The maximum absolute atomic E-state index is 11.6. The van der Waals surface area contributed by atoms with Gasteiger partial charge in [0, 0.05) is 18.6 Å². The summed E-state index contributed by atoms with van der Waals surface area (Å²) in [5, 5.41) is 3.42. The van der Waals surface area contributed by atoms with E-state index in [2.05, 4.69) is 11.9 Å². The van der Waals surface area contributed by atoms with Gasteiger partial charge < -0.3 is 10.2 Å². The summed E-state index contributed by atoms with van der Waals surface area (Å²) < 4.78 is 0. The van der Waals surface area contributed by atoms with Crippen LogP contribution in [0.3, 0.4) is 0 Å². The predicted molar refractivity (Wildman–Crippen MR) is 56.0 cm³/mol. The van der Waals surface area contributed by atoms with E-state index in [1.165, 1.54) is 31.8 Å². The van der Waals surface area contributed by atoms with Crippen molar-refractivity contribution in [2.24, 2.45) is 0 Å². The van der Waals surface area contributed by atoms with Crippen LogP contribution < -0.4 is 5.32 Å². The number of nitrogens with zero attached hydrogens (tertiary/aromatic N) is 1. The predicted octanol–water partition coefficient (Wildman–Crippen LogP) is 0.915. The Morgan fingerprint density at radius 2 is 2.29 bits per heavy atom. The summed E-state index contributed by atoms with van der Waals surface area (Å²) in [6.07, 6.45) is 6.23. The Bertz CT molecular complexity index is 229. The summed E-state index contributed by atoms with van der Waals surface area (Å²) >= 11 is 0. The van der Waals surface area contributed by atoms with Crippen LogP contribution in [0.15, 0.2) is 12.7 Å². The summed E-state index contributed by atoms with van der Waals surface area (Å²) in [5.74, 6) is 0.0983. The second-order valence-corrected chi connectivity index (χ2v) is 4.22. The molecule has 1 saturated carbocycles. The Hall–Kier alpha value is -0.830. The van der Waals surface area contributed by atoms with Gasteiger partial charge in [-0.1, -0.05) is 6.58 Å². The van der Waals surface area contributed by atoms with Crippen LogP contribution in [0, 0.1) is 0 Å². The number of amides is 1. The second-order valence-electron chi connectivity index (χ2n) is 4.22. The van der Waals surface area contributed by atoms with E-state index in [0.29, 0.717) is 12.1 Å². The first-order valence-corrected chi connectivity index (χ1v) is 5.47. The summed E-state index contributed by atoms with van der Waals surface area (Å²) in [6.45, 7) is 5.53. The first kappa shape index (κ1) is 9.71. The fraction of sp³-hybridized carbons (Fsp3) is 0.727. The number of nitrogens with one attached hydrogen (secondary N) is 1. The van der Waals surface area contributed by atoms with Gasteiger partial charge in [-0.2, -0.15) is 0 Å². The van der Waals surface area contributed by atoms with E-state index in [4.69, 9.17) is 0 Å². The van der Waals surface area contributed by atoms with Crippen molar-refractivity contribution in [3.8, 4) is 0 Å². The van der Waals surface area contributed by atoms with E-state index in [9.17, 15) is 4.79 Å². The number of carbonyl (C=O) groups is 1. The maximum atomic E-state index is 11.6. The van der Waals surface area contributed by atoms with E-state index in [-0.39, 0.29) is 5.91 Å². The van der Waals surface area contributed by atoms with Crippen LogP contribution >= 0.6 is 0 Å². The number of rotatable bonds is 4. The summed E-state index contributed by atoms with van der Waals surface area (Å²) in [5.41, 5.74) is 0. The Morgan fingerprint density at radius 1 is 1.50 bits per heavy atom. The lowest BCUT2D eigenvalue weighted by atomic mass is 10.2. The van der Waals surface area contributed by atoms with E-state index in [1.54, 1.807) is 0 Å². The minimum Gasteiger partial charge on any atom is -0.335 e. The Morgan fingerprint density at radius 3 is 2.79 bits per heavy atom. The summed E-state index contributed by atoms with van der Waals surface area (Å²) in [7, 11) is 0. The zero-order chi connectivity index (χ0) is 9.97. The standard InChI is InChI=1S/C11H18N2O/c1-2-11(14)13(10-5-6-10)8-9-4-3-7-12-9/h2,9-10,12H,1,3-8H2. The van der Waals surface area contributed by atoms with E-state index < -0.39 is 0 Å². The Balaban J connectivity index is 1.89. The van der Waals surface area contributed by atoms with Gasteiger partial charge in [-0.25, -0.2) is 0 Å². The molecule has 0 aromatic heterocycles. The van der Waals surface area contributed by atoms with E-state index in [1.807, 2.05) is 4.90 Å². The van der Waals surface area contributed by atoms with Gasteiger partial charge in [0.05, 0.1) is 0 Å². The quantitative estimate of drug-likeness (QED) is 0.675. The molecule has 1 atom stereocenters. The van der Waals surface area contributed by atoms with Gasteiger partial charge in [0.1, 0.15) is 0 Å². The van der Waals surface area contributed by atoms with Gasteiger partial charge in [0.2, 0.25) is 5.91 Å². The van der Waals surface area contributed by atoms with Crippen LogP contribution in [-0.4, -0.2) is 36.0 Å². The molecule has 14 heavy (non-hydrogen) atoms. The average molecular weight is 194 g/mol. The number of carbonyl (C=O) groups excluding carboxylic acids is 1. The van der Waals surface area contributed by atoms with Crippen LogP contribution in [-0.2, 0) is 4.79 Å². The monoisotopic (exact) mass is 194 g/mol. The third-order valence-electron chi connectivity index (χ3n) is 3.02. The van der Waals surface area contributed by atoms with Gasteiger partial charge in [-0.15, -0.1) is 0 Å². The highest BCUT2D eigenvalue weighted by atomic mass is 16.2. The van der Waals surface area contributed by atoms with Crippen molar-refractivity contribution in [1.82, 2.24) is 10.2 Å². The molecular weight excluding hydrogens is 176 g/mol. The lowest BCUT2D eigenvalue weighted by molar-refractivity contribution is -0.126. The van der Waals surface area contributed by atoms with Crippen LogP contribution in [0.5, 0.6) is 0 Å². The average Bonchev–Trinajstić information content (AvgIpc) is 2.92. The molecule has 1 heterocycles. The minimum absolute atomic E-state index is 0.0983. The molecule has 0 radical (unpaired) electrons. The van der Waals surface area contributed by atoms with Crippen LogP contribution in [0.1, 0.15) is 25.7 Å². The molecule has 1 unspecified atom stereocenters. The molecule has 1 N–H and O–H groups in total. The lowest BCUT2D eigenvalue weighted by Crippen LogP contribution is -2.41. The lowest BCUT2D eigenvalue weighted by Gasteiger charge is -2.24. The zero-order valence-electron chi connectivity index (χ0n) is 8.54. The topological polar surface area (TPSA) is 32.3 Å². The third kappa shape index (κ3) is 2.15. The maximum Gasteiger partial charge on any atom is 0.246 e. The van der Waals surface area contributed by atoms with Gasteiger partial charge >= 0.3 is 0 Å². The summed E-state index contributed by atoms with van der Waals surface area (Å²) in [6, 6.07) is 1.02. The first-order chi connectivity index (χ1) is 6.81. The molecule has 1 aliphatic carbocycles. The molecule has 3 nitrogen and oxygen atoms in total. The number of hydrogen-bond acceptors (Lipinski definition) is 2. The Kier molecular flexibility index (Phi) is 2.87. The van der Waals surface area contributed by atoms with Crippen LogP contribution in [0.25, 0.3) is 0 Å². The fourth-order valence-electron chi connectivity index (χ4n) is 2.07. The van der Waals surface area contributed by atoms with E-state index in [0.717, 1.165) is 13.1 Å². The largest absolute Gasteiger partial charge is 0.335 e. The van der Waals surface area contributed by atoms with Crippen molar-refractivity contribution in [3.05, 3.63) is 12.7 Å². The number of hydrogen-bond donors (Lipinski definition) is 1. The van der Waals surface area contributed by atoms with Crippen molar-refractivity contribution in [3.63, 3.8) is 0 Å². The molecule has 2 rings (SSSR count). The van der Waals surface area contributed by atoms with Gasteiger partial charge in [-0.05, 0) is 38.3 Å². The zero-order valence-corrected chi connectivity index (χ0v) is 8.54. The van der Waals surface area contributed by atoms with Gasteiger partial charge in [0.25, 0.3) is 0 Å². The van der Waals surface area contributed by atoms with E-state index >= 15 is 0 Å². The molecule has 0 aromatic carbocycles. The third-order valence-corrected chi connectivity index (χ3v) is 3.02. The first-order valence-electron chi connectivity index (χ1n) is 5.47. The highest BCUT2D eigenvalue weighted by Gasteiger charge is 2.33. The SMILES string of the molecule is C=CC(=O)N(CC1CCCN1)C1CC1. The van der Waals surface area contributed by atoms with Crippen molar-refractivity contribution >= 4 is 5.91 Å². The van der Waals surface area contributed by atoms with Crippen LogP contribution in [0.4, 0.5) is 0 Å². The molecule has 1 amide bonds. The molecule has 0 aromatic rings. The molecule has 1 saturated heterocycles. The smallest absolute Gasteiger partial charge is 0.246 e. The molecular formula is C11H18N2O. The van der Waals surface area contributed by atoms with Gasteiger partial charge in [0.15, 0.2) is 0 Å². The Labute approximate surface area is 85.2 Å². The molecule has 1 aliphatic heterocycles. The molecule has 0 bridgehead atoms.